The van der Waals surface area contributed by atoms with Crippen LogP contribution in [0.1, 0.15) is 39.3 Å². The Kier molecular flexibility index (Phi) is 17.3. The first kappa shape index (κ1) is 61.4. The fourth-order valence-corrected chi connectivity index (χ4v) is 8.63. The summed E-state index contributed by atoms with van der Waals surface area (Å²) in [6, 6.07) is 27.0. The van der Waals surface area contributed by atoms with Gasteiger partial charge in [-0.2, -0.15) is 73.1 Å². The molecule has 0 saturated carbocycles. The van der Waals surface area contributed by atoms with Crippen molar-refractivity contribution in [3.05, 3.63) is 184 Å². The van der Waals surface area contributed by atoms with Crippen LogP contribution in [-0.2, 0) is 31.8 Å². The van der Waals surface area contributed by atoms with Crippen molar-refractivity contribution in [2.75, 3.05) is 18.2 Å². The molecular weight excluding hydrogens is 1240 g/mol. The van der Waals surface area contributed by atoms with Gasteiger partial charge in [0.2, 0.25) is 5.88 Å². The van der Waals surface area contributed by atoms with Crippen LogP contribution in [0, 0.1) is 20.8 Å². The fourth-order valence-electron chi connectivity index (χ4n) is 8.06. The molecule has 12 aromatic rings. The van der Waals surface area contributed by atoms with Crippen molar-refractivity contribution in [2.24, 2.45) is 7.05 Å². The van der Waals surface area contributed by atoms with E-state index < -0.39 is 47.0 Å². The van der Waals surface area contributed by atoms with E-state index in [2.05, 4.69) is 82.1 Å². The summed E-state index contributed by atoms with van der Waals surface area (Å²) in [6.45, 7) is 5.41. The predicted molar refractivity (Wildman–Crippen MR) is 297 cm³/mol. The molecule has 0 saturated heterocycles. The quantitative estimate of drug-likeness (QED) is 0.112. The van der Waals surface area contributed by atoms with Crippen molar-refractivity contribution >= 4 is 66.2 Å². The largest absolute Gasteiger partial charge is 0.480 e. The average Bonchev–Trinajstić information content (AvgIpc) is 2.13. The zero-order chi connectivity index (χ0) is 62.8. The van der Waals surface area contributed by atoms with E-state index >= 15 is 0 Å². The summed E-state index contributed by atoms with van der Waals surface area (Å²) in [5, 5.41) is 38.5. The standard InChI is InChI=1S/C17H13F3N6.C13H8BrF3N4.C13H9F3N4.C12H11F3N4O/c1-10-3-6-15(24-23-10)26-14-5-4-12(17(18,19)20)7-13(14)22-16(26)11-8-21-25(2)9-11;1-7-2-5-11(20-19-7)21-10-4-3-8(13(15,16)17)6-9(10)18-12(21)14;1-8-2-5-12(19-18-8)20-7-17-10-6-9(13(14,15)16)3-4-11(10)20;1-20-11-5-4-10(18-19-11)17-9-3-2-7(6-8(9)16)12(13,14)15/h3-9H,1-2H3;2-6H,1H3;2-7H,1H3;2-6H,16H2,1H3,(H,17,18). The van der Waals surface area contributed by atoms with E-state index in [9.17, 15) is 52.7 Å². The van der Waals surface area contributed by atoms with Gasteiger partial charge in [-0.25, -0.2) is 15.0 Å². The lowest BCUT2D eigenvalue weighted by atomic mass is 10.1. The molecule has 0 aliphatic rings. The second kappa shape index (κ2) is 24.5. The van der Waals surface area contributed by atoms with Gasteiger partial charge >= 0.3 is 24.7 Å². The Bertz CT molecular complexity index is 4370. The number of aromatic nitrogens is 16. The molecule has 0 unspecified atom stereocenters. The van der Waals surface area contributed by atoms with Gasteiger partial charge in [-0.15, -0.1) is 25.5 Å². The maximum atomic E-state index is 13.0. The number of benzene rings is 4. The number of nitrogens with zero attached hydrogens (tertiary/aromatic N) is 16. The first-order valence-electron chi connectivity index (χ1n) is 25.0. The Morgan fingerprint density at radius 2 is 0.989 bits per heavy atom. The van der Waals surface area contributed by atoms with Crippen LogP contribution in [-0.4, -0.2) is 86.3 Å². The third-order valence-corrected chi connectivity index (χ3v) is 12.8. The molecule has 0 amide bonds. The van der Waals surface area contributed by atoms with Crippen molar-refractivity contribution in [1.82, 2.24) is 79.2 Å². The van der Waals surface area contributed by atoms with Crippen molar-refractivity contribution in [3.8, 4) is 34.7 Å². The van der Waals surface area contributed by atoms with Gasteiger partial charge in [-0.1, -0.05) is 0 Å². The molecule has 0 atom stereocenters. The molecule has 0 aliphatic heterocycles. The Morgan fingerprint density at radius 1 is 0.506 bits per heavy atom. The van der Waals surface area contributed by atoms with Crippen molar-refractivity contribution in [2.45, 2.75) is 45.5 Å². The zero-order valence-electron chi connectivity index (χ0n) is 45.3. The lowest BCUT2D eigenvalue weighted by Crippen LogP contribution is -2.07. The average molecular weight is 1280 g/mol. The number of methoxy groups -OCH3 is 1. The number of rotatable bonds is 7. The molecule has 3 N–H and O–H groups in total. The molecule has 0 spiro atoms. The number of anilines is 3. The van der Waals surface area contributed by atoms with Gasteiger partial charge in [0, 0.05) is 19.3 Å². The third kappa shape index (κ3) is 14.3. The van der Waals surface area contributed by atoms with E-state index in [0.717, 1.165) is 65.6 Å². The number of fused-ring (bicyclic) bond motifs is 3. The summed E-state index contributed by atoms with van der Waals surface area (Å²) in [4.78, 5) is 12.5. The highest BCUT2D eigenvalue weighted by molar-refractivity contribution is 9.10. The van der Waals surface area contributed by atoms with Gasteiger partial charge < -0.3 is 15.8 Å². The topological polar surface area (TPSA) is 222 Å². The molecule has 0 radical (unpaired) electrons. The molecular formula is C55H41BrF12N18O. The van der Waals surface area contributed by atoms with Crippen LogP contribution in [0.2, 0.25) is 0 Å². The number of halogens is 13. The van der Waals surface area contributed by atoms with Gasteiger partial charge in [-0.3, -0.25) is 18.4 Å². The van der Waals surface area contributed by atoms with Crippen LogP contribution in [0.5, 0.6) is 5.88 Å². The molecule has 4 aromatic carbocycles. The first-order chi connectivity index (χ1) is 41.0. The fraction of sp³-hybridized carbons (Fsp3) is 0.164. The Balaban J connectivity index is 0.000000139. The second-order valence-corrected chi connectivity index (χ2v) is 19.3. The monoisotopic (exact) mass is 1280 g/mol. The summed E-state index contributed by atoms with van der Waals surface area (Å²) in [5.74, 6) is 2.59. The minimum absolute atomic E-state index is 0.0301. The third-order valence-electron chi connectivity index (χ3n) is 12.3. The van der Waals surface area contributed by atoms with Crippen LogP contribution >= 0.6 is 15.9 Å². The van der Waals surface area contributed by atoms with Gasteiger partial charge in [0.15, 0.2) is 28.0 Å². The minimum atomic E-state index is -4.43. The maximum Gasteiger partial charge on any atom is 0.416 e. The minimum Gasteiger partial charge on any atom is -0.480 e. The van der Waals surface area contributed by atoms with Gasteiger partial charge in [-0.05, 0) is 152 Å². The molecule has 0 aliphatic carbocycles. The van der Waals surface area contributed by atoms with Crippen LogP contribution in [0.3, 0.4) is 0 Å². The van der Waals surface area contributed by atoms with Gasteiger partial charge in [0.05, 0.1) is 103 Å². The van der Waals surface area contributed by atoms with Crippen LogP contribution < -0.4 is 15.8 Å². The Labute approximate surface area is 490 Å². The lowest BCUT2D eigenvalue weighted by molar-refractivity contribution is -0.138. The number of imidazole rings is 3. The number of nitrogen functional groups attached to an aromatic ring is 1. The van der Waals surface area contributed by atoms with Crippen LogP contribution in [0.4, 0.5) is 69.9 Å². The summed E-state index contributed by atoms with van der Waals surface area (Å²) in [5.41, 5.74) is 8.09. The maximum absolute atomic E-state index is 13.0. The Hall–Kier alpha value is -10.1. The number of hydrogen-bond donors (Lipinski definition) is 2. The molecule has 19 nitrogen and oxygen atoms in total. The molecule has 12 rings (SSSR count). The molecule has 448 valence electrons. The number of ether oxygens (including phenoxy) is 1. The van der Waals surface area contributed by atoms with Crippen molar-refractivity contribution in [1.29, 1.82) is 0 Å². The predicted octanol–water partition coefficient (Wildman–Crippen LogP) is 13.4. The number of alkyl halides is 12. The van der Waals surface area contributed by atoms with Gasteiger partial charge in [0.25, 0.3) is 0 Å². The van der Waals surface area contributed by atoms with E-state index in [0.29, 0.717) is 67.5 Å². The number of nitrogens with two attached hydrogens (primary N) is 1. The number of aryl methyl sites for hydroxylation is 4. The van der Waals surface area contributed by atoms with Gasteiger partial charge in [0.1, 0.15) is 12.2 Å². The van der Waals surface area contributed by atoms with E-state index in [1.807, 2.05) is 0 Å². The second-order valence-electron chi connectivity index (χ2n) is 18.6. The normalized spacial score (nSPS) is 11.8. The highest BCUT2D eigenvalue weighted by Gasteiger charge is 2.34. The van der Waals surface area contributed by atoms with E-state index in [-0.39, 0.29) is 22.2 Å². The lowest BCUT2D eigenvalue weighted by Gasteiger charge is -2.12. The first-order valence-corrected chi connectivity index (χ1v) is 25.7. The van der Waals surface area contributed by atoms with Crippen LogP contribution in [0.25, 0.3) is 61.9 Å². The van der Waals surface area contributed by atoms with Crippen molar-refractivity contribution < 1.29 is 57.4 Å². The molecule has 8 aromatic heterocycles. The summed E-state index contributed by atoms with van der Waals surface area (Å²) in [7, 11) is 3.20. The van der Waals surface area contributed by atoms with Crippen molar-refractivity contribution in [3.63, 3.8) is 0 Å². The Morgan fingerprint density at radius 3 is 1.46 bits per heavy atom. The summed E-state index contributed by atoms with van der Waals surface area (Å²) >= 11 is 3.24. The molecule has 8 heterocycles. The van der Waals surface area contributed by atoms with E-state index in [4.69, 9.17) is 10.5 Å². The molecule has 0 fully saturated rings. The summed E-state index contributed by atoms with van der Waals surface area (Å²) < 4.78 is 164. The van der Waals surface area contributed by atoms with Crippen LogP contribution in [0.15, 0.2) is 145 Å². The number of hydrogen-bond acceptors (Lipinski definition) is 15. The smallest absolute Gasteiger partial charge is 0.416 e. The molecule has 32 heteroatoms. The number of nitrogens with one attached hydrogen (secondary N) is 1. The highest BCUT2D eigenvalue weighted by atomic mass is 79.9. The molecule has 87 heavy (non-hydrogen) atoms. The molecule has 0 bridgehead atoms. The SMILES string of the molecule is COc1ccc(Nc2ccc(C(F)(F)F)cc2N)nn1.Cc1ccc(-n2c(-c3cnn(C)c3)nc3cc(C(F)(F)F)ccc32)nn1.Cc1ccc(-n2c(Br)nc3cc(C(F)(F)F)ccc32)nn1.Cc1ccc(-n2cnc3cc(C(F)(F)F)ccc32)nn1. The van der Waals surface area contributed by atoms with E-state index in [1.54, 1.807) is 107 Å². The summed E-state index contributed by atoms with van der Waals surface area (Å²) in [6.07, 6.45) is -12.9. The zero-order valence-corrected chi connectivity index (χ0v) is 46.9. The highest BCUT2D eigenvalue weighted by Crippen LogP contribution is 2.37. The van der Waals surface area contributed by atoms with E-state index in [1.165, 1.54) is 37.7 Å².